The van der Waals surface area contributed by atoms with Gasteiger partial charge in [-0.15, -0.1) is 0 Å². The third kappa shape index (κ3) is 4.45. The molecule has 2 N–H and O–H groups in total. The number of fused-ring (bicyclic) bond motifs is 1. The molecule has 1 aliphatic rings. The Balaban J connectivity index is 2.28. The normalized spacial score (nSPS) is 19.2. The fraction of sp³-hybridized carbons (Fsp3) is 0.261. The molecule has 0 spiro atoms. The molecule has 0 aliphatic carbocycles. The Labute approximate surface area is 195 Å². The van der Waals surface area contributed by atoms with Crippen LogP contribution in [0.1, 0.15) is 30.9 Å². The van der Waals surface area contributed by atoms with Gasteiger partial charge in [-0.05, 0) is 36.8 Å². The standard InChI is InChI=1S/C23H22Cl2N2O5/c1-4-32-22(30)23(14-6-5-7-16(10-14)26-13(2)28)17(8-9-20(29)31-3)21-18(25)11-15(24)12-19(21)27-23/h5-12,17,27H,4H2,1-3H3,(H,26,28)/b9-8-. The van der Waals surface area contributed by atoms with Gasteiger partial charge in [0.2, 0.25) is 5.91 Å². The van der Waals surface area contributed by atoms with Crippen LogP contribution in [0.25, 0.3) is 0 Å². The van der Waals surface area contributed by atoms with Gasteiger partial charge in [0.1, 0.15) is 0 Å². The fourth-order valence-electron chi connectivity index (χ4n) is 3.83. The Morgan fingerprint density at radius 2 is 1.97 bits per heavy atom. The number of methoxy groups -OCH3 is 1. The van der Waals surface area contributed by atoms with Crippen LogP contribution in [-0.2, 0) is 29.4 Å². The second-order valence-electron chi connectivity index (χ2n) is 7.12. The molecule has 0 radical (unpaired) electrons. The fourth-order valence-corrected chi connectivity index (χ4v) is 4.44. The van der Waals surface area contributed by atoms with Crippen molar-refractivity contribution in [3.63, 3.8) is 0 Å². The van der Waals surface area contributed by atoms with E-state index in [4.69, 9.17) is 32.7 Å². The molecule has 2 atom stereocenters. The minimum Gasteiger partial charge on any atom is -0.466 e. The number of carbonyl (C=O) groups excluding carboxylic acids is 3. The molecule has 0 fully saturated rings. The van der Waals surface area contributed by atoms with Crippen LogP contribution in [0.15, 0.2) is 48.6 Å². The van der Waals surface area contributed by atoms with Gasteiger partial charge in [0.05, 0.1) is 13.7 Å². The van der Waals surface area contributed by atoms with E-state index in [-0.39, 0.29) is 12.5 Å². The van der Waals surface area contributed by atoms with Gasteiger partial charge in [-0.25, -0.2) is 9.59 Å². The smallest absolute Gasteiger partial charge is 0.337 e. The highest BCUT2D eigenvalue weighted by Gasteiger charge is 2.54. The van der Waals surface area contributed by atoms with E-state index in [1.165, 1.54) is 20.1 Å². The largest absolute Gasteiger partial charge is 0.466 e. The van der Waals surface area contributed by atoms with Crippen molar-refractivity contribution in [3.05, 3.63) is 69.7 Å². The third-order valence-corrected chi connectivity index (χ3v) is 5.60. The van der Waals surface area contributed by atoms with E-state index in [1.807, 2.05) is 0 Å². The molecule has 0 aromatic heterocycles. The lowest BCUT2D eigenvalue weighted by atomic mass is 9.77. The monoisotopic (exact) mass is 476 g/mol. The molecule has 2 unspecified atom stereocenters. The zero-order valence-corrected chi connectivity index (χ0v) is 19.2. The van der Waals surface area contributed by atoms with Crippen molar-refractivity contribution < 1.29 is 23.9 Å². The van der Waals surface area contributed by atoms with Crippen LogP contribution in [-0.4, -0.2) is 31.6 Å². The Morgan fingerprint density at radius 3 is 2.62 bits per heavy atom. The second-order valence-corrected chi connectivity index (χ2v) is 7.97. The lowest BCUT2D eigenvalue weighted by molar-refractivity contribution is -0.149. The Bertz CT molecular complexity index is 1100. The molecule has 0 saturated heterocycles. The van der Waals surface area contributed by atoms with Crippen molar-refractivity contribution in [1.82, 2.24) is 0 Å². The van der Waals surface area contributed by atoms with Gasteiger partial charge in [-0.1, -0.05) is 41.4 Å². The molecule has 0 bridgehead atoms. The number of halogens is 2. The van der Waals surface area contributed by atoms with Crippen LogP contribution in [0, 0.1) is 0 Å². The van der Waals surface area contributed by atoms with Gasteiger partial charge in [-0.2, -0.15) is 0 Å². The summed E-state index contributed by atoms with van der Waals surface area (Å²) in [7, 11) is 1.26. The van der Waals surface area contributed by atoms with Gasteiger partial charge in [-0.3, -0.25) is 4.79 Å². The summed E-state index contributed by atoms with van der Waals surface area (Å²) in [5.41, 5.74) is 0.627. The van der Waals surface area contributed by atoms with Gasteiger partial charge < -0.3 is 20.1 Å². The summed E-state index contributed by atoms with van der Waals surface area (Å²) in [5, 5.41) is 6.66. The summed E-state index contributed by atoms with van der Waals surface area (Å²) < 4.78 is 10.2. The summed E-state index contributed by atoms with van der Waals surface area (Å²) >= 11 is 12.7. The summed E-state index contributed by atoms with van der Waals surface area (Å²) in [5.74, 6) is -2.17. The van der Waals surface area contributed by atoms with Crippen molar-refractivity contribution in [2.45, 2.75) is 25.3 Å². The number of hydrogen-bond acceptors (Lipinski definition) is 6. The summed E-state index contributed by atoms with van der Waals surface area (Å²) in [6.45, 7) is 3.22. The number of amides is 1. The van der Waals surface area contributed by atoms with E-state index in [0.29, 0.717) is 32.5 Å². The van der Waals surface area contributed by atoms with E-state index >= 15 is 0 Å². The molecule has 3 rings (SSSR count). The maximum Gasteiger partial charge on any atom is 0.337 e. The maximum atomic E-state index is 13.5. The van der Waals surface area contributed by atoms with Crippen LogP contribution in [0.4, 0.5) is 11.4 Å². The summed E-state index contributed by atoms with van der Waals surface area (Å²) in [6.07, 6.45) is 2.78. The van der Waals surface area contributed by atoms with Crippen LogP contribution < -0.4 is 10.6 Å². The number of benzene rings is 2. The maximum absolute atomic E-state index is 13.5. The average molecular weight is 477 g/mol. The van der Waals surface area contributed by atoms with Crippen LogP contribution in [0.2, 0.25) is 10.0 Å². The molecule has 168 valence electrons. The molecule has 1 amide bonds. The molecular formula is C23H22Cl2N2O5. The molecule has 1 heterocycles. The molecule has 0 saturated carbocycles. The highest BCUT2D eigenvalue weighted by Crippen LogP contribution is 2.53. The van der Waals surface area contributed by atoms with Crippen LogP contribution in [0.5, 0.6) is 0 Å². The van der Waals surface area contributed by atoms with E-state index < -0.39 is 23.4 Å². The molecule has 7 nitrogen and oxygen atoms in total. The Morgan fingerprint density at radius 1 is 1.22 bits per heavy atom. The first-order chi connectivity index (χ1) is 15.2. The summed E-state index contributed by atoms with van der Waals surface area (Å²) in [4.78, 5) is 37.0. The van der Waals surface area contributed by atoms with Gasteiger partial charge >= 0.3 is 11.9 Å². The number of anilines is 2. The number of ether oxygens (including phenoxy) is 2. The topological polar surface area (TPSA) is 93.7 Å². The molecule has 2 aromatic carbocycles. The number of esters is 2. The Hall–Kier alpha value is -3.03. The number of nitrogens with one attached hydrogen (secondary N) is 2. The first-order valence-corrected chi connectivity index (χ1v) is 10.6. The predicted octanol–water partition coefficient (Wildman–Crippen LogP) is 4.65. The van der Waals surface area contributed by atoms with Crippen molar-refractivity contribution in [3.8, 4) is 0 Å². The summed E-state index contributed by atoms with van der Waals surface area (Å²) in [6, 6.07) is 10.0. The van der Waals surface area contributed by atoms with Crippen molar-refractivity contribution in [2.24, 2.45) is 0 Å². The first-order valence-electron chi connectivity index (χ1n) is 9.81. The molecule has 32 heavy (non-hydrogen) atoms. The van der Waals surface area contributed by atoms with E-state index in [9.17, 15) is 14.4 Å². The highest BCUT2D eigenvalue weighted by molar-refractivity contribution is 6.36. The van der Waals surface area contributed by atoms with Gasteiger partial charge in [0, 0.05) is 45.9 Å². The van der Waals surface area contributed by atoms with E-state index in [1.54, 1.807) is 49.4 Å². The van der Waals surface area contributed by atoms with Crippen LogP contribution in [0.3, 0.4) is 0 Å². The SMILES string of the molecule is CCOC(=O)C1(c2cccc(NC(C)=O)c2)Nc2cc(Cl)cc(Cl)c2C1/C=C\C(=O)OC. The lowest BCUT2D eigenvalue weighted by Gasteiger charge is -2.33. The molecule has 9 heteroatoms. The number of rotatable bonds is 6. The zero-order chi connectivity index (χ0) is 23.5. The first kappa shape index (κ1) is 23.6. The Kier molecular flexibility index (Phi) is 7.11. The lowest BCUT2D eigenvalue weighted by Crippen LogP contribution is -2.45. The third-order valence-electron chi connectivity index (χ3n) is 5.07. The number of hydrogen-bond donors (Lipinski definition) is 2. The zero-order valence-electron chi connectivity index (χ0n) is 17.7. The molecule has 1 aliphatic heterocycles. The predicted molar refractivity (Wildman–Crippen MR) is 123 cm³/mol. The molecular weight excluding hydrogens is 455 g/mol. The van der Waals surface area contributed by atoms with Gasteiger partial charge in [0.25, 0.3) is 0 Å². The second kappa shape index (κ2) is 9.63. The van der Waals surface area contributed by atoms with Crippen molar-refractivity contribution in [1.29, 1.82) is 0 Å². The number of carbonyl (C=O) groups is 3. The van der Waals surface area contributed by atoms with Crippen molar-refractivity contribution >= 4 is 52.4 Å². The quantitative estimate of drug-likeness (QED) is 0.465. The van der Waals surface area contributed by atoms with Crippen LogP contribution >= 0.6 is 23.2 Å². The molecule has 2 aromatic rings. The van der Waals surface area contributed by atoms with E-state index in [2.05, 4.69) is 10.6 Å². The highest BCUT2D eigenvalue weighted by atomic mass is 35.5. The minimum absolute atomic E-state index is 0.131. The average Bonchev–Trinajstić information content (AvgIpc) is 3.07. The van der Waals surface area contributed by atoms with E-state index in [0.717, 1.165) is 0 Å². The van der Waals surface area contributed by atoms with Crippen molar-refractivity contribution in [2.75, 3.05) is 24.4 Å². The minimum atomic E-state index is -1.48. The van der Waals surface area contributed by atoms with Gasteiger partial charge in [0.15, 0.2) is 5.54 Å².